The normalized spacial score (nSPS) is 14.1. The van der Waals surface area contributed by atoms with Gasteiger partial charge in [0.1, 0.15) is 6.54 Å². The highest BCUT2D eigenvalue weighted by Gasteiger charge is 2.27. The van der Waals surface area contributed by atoms with Crippen molar-refractivity contribution in [3.63, 3.8) is 0 Å². The van der Waals surface area contributed by atoms with Crippen molar-refractivity contribution in [2.45, 2.75) is 6.54 Å². The fourth-order valence-corrected chi connectivity index (χ4v) is 5.35. The van der Waals surface area contributed by atoms with Crippen LogP contribution in [0.15, 0.2) is 78.9 Å². The molecule has 0 spiro atoms. The summed E-state index contributed by atoms with van der Waals surface area (Å²) in [5, 5.41) is 9.93. The lowest BCUT2D eigenvalue weighted by molar-refractivity contribution is -0.132. The molecule has 42 heavy (non-hydrogen) atoms. The first-order valence-electron chi connectivity index (χ1n) is 13.5. The summed E-state index contributed by atoms with van der Waals surface area (Å²) in [5.74, 6) is 1.63. The molecule has 2 amide bonds. The van der Waals surface area contributed by atoms with Gasteiger partial charge in [-0.25, -0.2) is 0 Å². The maximum atomic E-state index is 13.5. The third-order valence-corrected chi connectivity index (χ3v) is 7.85. The molecule has 9 nitrogen and oxygen atoms in total. The van der Waals surface area contributed by atoms with Gasteiger partial charge < -0.3 is 24.2 Å². The maximum Gasteiger partial charge on any atom is 0.254 e. The molecule has 0 saturated carbocycles. The van der Waals surface area contributed by atoms with Crippen molar-refractivity contribution in [1.82, 2.24) is 20.0 Å². The van der Waals surface area contributed by atoms with Gasteiger partial charge in [-0.05, 0) is 60.2 Å². The van der Waals surface area contributed by atoms with Gasteiger partial charge in [0, 0.05) is 48.9 Å². The summed E-state index contributed by atoms with van der Waals surface area (Å²) in [5.41, 5.74) is 2.81. The van der Waals surface area contributed by atoms with Crippen molar-refractivity contribution in [3.05, 3.63) is 100 Å². The number of nitrogens with zero attached hydrogens (tertiary/aromatic N) is 5. The summed E-state index contributed by atoms with van der Waals surface area (Å²) < 4.78 is 10.9. The maximum absolute atomic E-state index is 13.5. The molecule has 1 fully saturated rings. The second-order valence-electron chi connectivity index (χ2n) is 9.98. The Kier molecular flexibility index (Phi) is 8.12. The first kappa shape index (κ1) is 27.8. The van der Waals surface area contributed by atoms with E-state index in [0.717, 1.165) is 16.9 Å². The average molecular weight is 604 g/mol. The number of carbonyl (C=O) groups is 2. The van der Waals surface area contributed by atoms with Crippen molar-refractivity contribution in [3.8, 4) is 22.8 Å². The molecule has 6 rings (SSSR count). The van der Waals surface area contributed by atoms with E-state index in [4.69, 9.17) is 32.7 Å². The number of hydrogen-bond donors (Lipinski definition) is 0. The van der Waals surface area contributed by atoms with E-state index in [1.54, 1.807) is 34.1 Å². The zero-order chi connectivity index (χ0) is 29.1. The molecule has 4 aromatic rings. The molecule has 0 radical (unpaired) electrons. The number of piperazine rings is 1. The Labute approximate surface area is 253 Å². The lowest BCUT2D eigenvalue weighted by atomic mass is 10.1. The van der Waals surface area contributed by atoms with Gasteiger partial charge in [0.2, 0.25) is 12.7 Å². The van der Waals surface area contributed by atoms with Crippen molar-refractivity contribution >= 4 is 40.8 Å². The van der Waals surface area contributed by atoms with Gasteiger partial charge in [-0.15, -0.1) is 10.2 Å². The molecule has 214 valence electrons. The average Bonchev–Trinajstić information content (AvgIpc) is 3.49. The Balaban J connectivity index is 1.11. The quantitative estimate of drug-likeness (QED) is 0.288. The monoisotopic (exact) mass is 603 g/mol. The van der Waals surface area contributed by atoms with E-state index in [1.807, 2.05) is 54.6 Å². The lowest BCUT2D eigenvalue weighted by Gasteiger charge is -2.36. The number of ether oxygens (including phenoxy) is 2. The number of halogens is 2. The summed E-state index contributed by atoms with van der Waals surface area (Å²) in [6, 6.07) is 23.5. The van der Waals surface area contributed by atoms with Crippen LogP contribution in [0.4, 0.5) is 5.82 Å². The Bertz CT molecular complexity index is 1590. The Hall–Kier alpha value is -4.34. The Morgan fingerprint density at radius 3 is 2.33 bits per heavy atom. The molecule has 1 aromatic heterocycles. The molecule has 0 bridgehead atoms. The number of rotatable bonds is 7. The third kappa shape index (κ3) is 6.12. The van der Waals surface area contributed by atoms with Crippen molar-refractivity contribution < 1.29 is 19.1 Å². The smallest absolute Gasteiger partial charge is 0.254 e. The molecule has 3 heterocycles. The van der Waals surface area contributed by atoms with Gasteiger partial charge in [0.15, 0.2) is 17.3 Å². The van der Waals surface area contributed by atoms with Crippen LogP contribution in [0.2, 0.25) is 10.0 Å². The number of fused-ring (bicyclic) bond motifs is 1. The van der Waals surface area contributed by atoms with E-state index in [2.05, 4.69) is 15.1 Å². The summed E-state index contributed by atoms with van der Waals surface area (Å²) in [4.78, 5) is 32.4. The van der Waals surface area contributed by atoms with E-state index >= 15 is 0 Å². The summed E-state index contributed by atoms with van der Waals surface area (Å²) >= 11 is 12.3. The number of aromatic nitrogens is 2. The molecule has 0 aliphatic carbocycles. The van der Waals surface area contributed by atoms with Gasteiger partial charge in [-0.2, -0.15) is 0 Å². The largest absolute Gasteiger partial charge is 0.454 e. The predicted octanol–water partition coefficient (Wildman–Crippen LogP) is 5.17. The number of hydrogen-bond acceptors (Lipinski definition) is 7. The predicted molar refractivity (Wildman–Crippen MR) is 160 cm³/mol. The fourth-order valence-electron chi connectivity index (χ4n) is 4.99. The van der Waals surface area contributed by atoms with Crippen LogP contribution in [0, 0.1) is 0 Å². The van der Waals surface area contributed by atoms with Gasteiger partial charge in [-0.1, -0.05) is 47.5 Å². The van der Waals surface area contributed by atoms with E-state index < -0.39 is 0 Å². The molecule has 1 saturated heterocycles. The van der Waals surface area contributed by atoms with Crippen LogP contribution in [-0.2, 0) is 11.3 Å². The highest BCUT2D eigenvalue weighted by Crippen LogP contribution is 2.33. The van der Waals surface area contributed by atoms with Crippen LogP contribution in [0.1, 0.15) is 15.9 Å². The van der Waals surface area contributed by atoms with Gasteiger partial charge in [-0.3, -0.25) is 9.59 Å². The SMILES string of the molecule is O=C(CN(Cc1ccc2c(c1)OCO2)C(=O)c1ccc(Cl)cc1)N1CCN(c2ccc(-c3ccccc3Cl)nn2)CC1. The minimum Gasteiger partial charge on any atom is -0.454 e. The minimum atomic E-state index is -0.259. The Morgan fingerprint density at radius 1 is 0.833 bits per heavy atom. The zero-order valence-electron chi connectivity index (χ0n) is 22.6. The topological polar surface area (TPSA) is 88.1 Å². The van der Waals surface area contributed by atoms with Crippen LogP contribution in [-0.4, -0.2) is 71.3 Å². The van der Waals surface area contributed by atoms with E-state index in [0.29, 0.717) is 59.0 Å². The van der Waals surface area contributed by atoms with Gasteiger partial charge in [0.25, 0.3) is 5.91 Å². The molecule has 3 aromatic carbocycles. The van der Waals surface area contributed by atoms with Crippen molar-refractivity contribution in [1.29, 1.82) is 0 Å². The van der Waals surface area contributed by atoms with Crippen molar-refractivity contribution in [2.24, 2.45) is 0 Å². The molecule has 0 atom stereocenters. The molecule has 0 N–H and O–H groups in total. The lowest BCUT2D eigenvalue weighted by Crippen LogP contribution is -2.52. The number of carbonyl (C=O) groups excluding carboxylic acids is 2. The molecule has 11 heteroatoms. The first-order valence-corrected chi connectivity index (χ1v) is 14.2. The van der Waals surface area contributed by atoms with Crippen LogP contribution in [0.25, 0.3) is 11.3 Å². The highest BCUT2D eigenvalue weighted by atomic mass is 35.5. The van der Waals surface area contributed by atoms with E-state index in [-0.39, 0.29) is 31.7 Å². The second kappa shape index (κ2) is 12.3. The van der Waals surface area contributed by atoms with Crippen LogP contribution < -0.4 is 14.4 Å². The second-order valence-corrected chi connectivity index (χ2v) is 10.8. The minimum absolute atomic E-state index is 0.0672. The summed E-state index contributed by atoms with van der Waals surface area (Å²) in [6.07, 6.45) is 0. The van der Waals surface area contributed by atoms with Crippen LogP contribution in [0.3, 0.4) is 0 Å². The number of benzene rings is 3. The standard InChI is InChI=1S/C31H27Cl2N5O4/c32-23-8-6-22(7-9-23)31(40)38(18-21-5-11-27-28(17-21)42-20-41-27)19-30(39)37-15-13-36(14-16-37)29-12-10-26(34-35-29)24-3-1-2-4-25(24)33/h1-12,17H,13-16,18-20H2. The number of anilines is 1. The van der Waals surface area contributed by atoms with E-state index in [1.165, 1.54) is 0 Å². The molecule has 0 unspecified atom stereocenters. The zero-order valence-corrected chi connectivity index (χ0v) is 24.1. The highest BCUT2D eigenvalue weighted by molar-refractivity contribution is 6.33. The summed E-state index contributed by atoms with van der Waals surface area (Å²) in [6.45, 7) is 2.52. The van der Waals surface area contributed by atoms with Gasteiger partial charge >= 0.3 is 0 Å². The molecular weight excluding hydrogens is 577 g/mol. The van der Waals surface area contributed by atoms with Crippen LogP contribution in [0.5, 0.6) is 11.5 Å². The first-order chi connectivity index (χ1) is 20.4. The molecule has 2 aliphatic heterocycles. The fraction of sp³-hybridized carbons (Fsp3) is 0.226. The van der Waals surface area contributed by atoms with Crippen molar-refractivity contribution in [2.75, 3.05) is 44.4 Å². The molecule has 2 aliphatic rings. The van der Waals surface area contributed by atoms with Gasteiger partial charge in [0.05, 0.1) is 10.7 Å². The van der Waals surface area contributed by atoms with E-state index in [9.17, 15) is 9.59 Å². The Morgan fingerprint density at radius 2 is 1.60 bits per heavy atom. The summed E-state index contributed by atoms with van der Waals surface area (Å²) in [7, 11) is 0. The third-order valence-electron chi connectivity index (χ3n) is 7.27. The molecular formula is C31H27Cl2N5O4. The number of amides is 2. The van der Waals surface area contributed by atoms with Crippen LogP contribution >= 0.6 is 23.2 Å².